The Bertz CT molecular complexity index is 449. The molecule has 0 radical (unpaired) electrons. The third kappa shape index (κ3) is 2.14. The average molecular weight is 234 g/mol. The second-order valence-corrected chi connectivity index (χ2v) is 5.18. The first-order valence-electron chi connectivity index (χ1n) is 5.76. The summed E-state index contributed by atoms with van der Waals surface area (Å²) < 4.78 is 10.4. The summed E-state index contributed by atoms with van der Waals surface area (Å²) in [5.41, 5.74) is 0.864. The largest absolute Gasteiger partial charge is 0.493 e. The summed E-state index contributed by atoms with van der Waals surface area (Å²) in [5.74, 6) is 1.62. The number of methoxy groups -OCH3 is 2. The molecule has 2 rings (SSSR count). The number of Topliss-reactive ketones (excluding diaryl/α,β-unsaturated/α-hetero) is 1. The molecule has 1 fully saturated rings. The van der Waals surface area contributed by atoms with E-state index < -0.39 is 0 Å². The molecule has 1 aliphatic carbocycles. The fourth-order valence-corrected chi connectivity index (χ4v) is 2.11. The number of carbonyl (C=O) groups is 1. The summed E-state index contributed by atoms with van der Waals surface area (Å²) in [7, 11) is 3.16. The van der Waals surface area contributed by atoms with Gasteiger partial charge in [-0.25, -0.2) is 0 Å². The van der Waals surface area contributed by atoms with Crippen molar-refractivity contribution in [1.29, 1.82) is 0 Å². The smallest absolute Gasteiger partial charge is 0.166 e. The Morgan fingerprint density at radius 2 is 1.82 bits per heavy atom. The van der Waals surface area contributed by atoms with E-state index in [1.54, 1.807) is 32.4 Å². The highest BCUT2D eigenvalue weighted by molar-refractivity contribution is 6.00. The van der Waals surface area contributed by atoms with Gasteiger partial charge in [0.1, 0.15) is 0 Å². The van der Waals surface area contributed by atoms with E-state index in [9.17, 15) is 4.79 Å². The van der Waals surface area contributed by atoms with Crippen molar-refractivity contribution in [3.63, 3.8) is 0 Å². The van der Waals surface area contributed by atoms with Gasteiger partial charge in [-0.2, -0.15) is 0 Å². The zero-order chi connectivity index (χ0) is 12.6. The average Bonchev–Trinajstić information content (AvgIpc) is 2.96. The first kappa shape index (κ1) is 12.0. The number of rotatable bonds is 4. The molecule has 0 N–H and O–H groups in total. The molecule has 1 aromatic carbocycles. The van der Waals surface area contributed by atoms with Crippen molar-refractivity contribution in [2.75, 3.05) is 14.2 Å². The summed E-state index contributed by atoms with van der Waals surface area (Å²) in [6.45, 7) is 4.24. The Kier molecular flexibility index (Phi) is 2.86. The molecule has 0 amide bonds. The van der Waals surface area contributed by atoms with Gasteiger partial charge in [-0.1, -0.05) is 13.8 Å². The molecular weight excluding hydrogens is 216 g/mol. The summed E-state index contributed by atoms with van der Waals surface area (Å²) in [5, 5.41) is 0. The molecule has 92 valence electrons. The van der Waals surface area contributed by atoms with E-state index in [1.165, 1.54) is 0 Å². The monoisotopic (exact) mass is 234 g/mol. The molecule has 3 heteroatoms. The quantitative estimate of drug-likeness (QED) is 0.751. The number of hydrogen-bond acceptors (Lipinski definition) is 3. The molecule has 0 bridgehead atoms. The predicted octanol–water partition coefficient (Wildman–Crippen LogP) is 2.93. The van der Waals surface area contributed by atoms with E-state index in [4.69, 9.17) is 9.47 Å². The van der Waals surface area contributed by atoms with Gasteiger partial charge in [-0.05, 0) is 30.0 Å². The molecule has 1 atom stereocenters. The van der Waals surface area contributed by atoms with Crippen LogP contribution in [0.2, 0.25) is 0 Å². The van der Waals surface area contributed by atoms with Crippen LogP contribution in [0.1, 0.15) is 30.6 Å². The molecule has 0 aliphatic heterocycles. The van der Waals surface area contributed by atoms with Crippen LogP contribution in [-0.4, -0.2) is 20.0 Å². The second kappa shape index (κ2) is 4.06. The topological polar surface area (TPSA) is 35.5 Å². The SMILES string of the molecule is COc1ccc(C(=O)C2CC2(C)C)cc1OC. The highest BCUT2D eigenvalue weighted by Gasteiger charge is 2.50. The predicted molar refractivity (Wildman–Crippen MR) is 65.8 cm³/mol. The van der Waals surface area contributed by atoms with Crippen molar-refractivity contribution >= 4 is 5.78 Å². The molecule has 1 unspecified atom stereocenters. The third-order valence-corrected chi connectivity index (χ3v) is 3.50. The summed E-state index contributed by atoms with van der Waals surface area (Å²) in [6, 6.07) is 5.34. The zero-order valence-corrected chi connectivity index (χ0v) is 10.7. The van der Waals surface area contributed by atoms with E-state index in [0.29, 0.717) is 17.1 Å². The molecule has 0 spiro atoms. The summed E-state index contributed by atoms with van der Waals surface area (Å²) in [4.78, 5) is 12.2. The van der Waals surface area contributed by atoms with Crippen molar-refractivity contribution in [1.82, 2.24) is 0 Å². The highest BCUT2D eigenvalue weighted by Crippen LogP contribution is 2.53. The fraction of sp³-hybridized carbons (Fsp3) is 0.500. The van der Waals surface area contributed by atoms with E-state index in [0.717, 1.165) is 6.42 Å². The van der Waals surface area contributed by atoms with Gasteiger partial charge >= 0.3 is 0 Å². The highest BCUT2D eigenvalue weighted by atomic mass is 16.5. The van der Waals surface area contributed by atoms with Gasteiger partial charge in [-0.3, -0.25) is 4.79 Å². The van der Waals surface area contributed by atoms with Crippen molar-refractivity contribution in [3.8, 4) is 11.5 Å². The standard InChI is InChI=1S/C14H18O3/c1-14(2)8-10(14)13(15)9-5-6-11(16-3)12(7-9)17-4/h5-7,10H,8H2,1-4H3. The van der Waals surface area contributed by atoms with Crippen LogP contribution in [0, 0.1) is 11.3 Å². The number of benzene rings is 1. The van der Waals surface area contributed by atoms with Crippen LogP contribution in [0.15, 0.2) is 18.2 Å². The van der Waals surface area contributed by atoms with Gasteiger partial charge in [-0.15, -0.1) is 0 Å². The van der Waals surface area contributed by atoms with Crippen LogP contribution in [0.5, 0.6) is 11.5 Å². The number of carbonyl (C=O) groups excluding carboxylic acids is 1. The maximum atomic E-state index is 12.2. The van der Waals surface area contributed by atoms with Gasteiger partial charge in [0.2, 0.25) is 0 Å². The number of ether oxygens (including phenoxy) is 2. The Hall–Kier alpha value is -1.51. The molecule has 0 heterocycles. The number of hydrogen-bond donors (Lipinski definition) is 0. The second-order valence-electron chi connectivity index (χ2n) is 5.18. The normalized spacial score (nSPS) is 20.8. The number of ketones is 1. The maximum absolute atomic E-state index is 12.2. The van der Waals surface area contributed by atoms with Crippen molar-refractivity contribution in [2.24, 2.45) is 11.3 Å². The third-order valence-electron chi connectivity index (χ3n) is 3.50. The molecule has 0 aromatic heterocycles. The van der Waals surface area contributed by atoms with E-state index >= 15 is 0 Å². The molecule has 1 saturated carbocycles. The minimum Gasteiger partial charge on any atom is -0.493 e. The van der Waals surface area contributed by atoms with Crippen LogP contribution in [0.3, 0.4) is 0 Å². The van der Waals surface area contributed by atoms with Crippen LogP contribution >= 0.6 is 0 Å². The Labute approximate surface area is 102 Å². The first-order chi connectivity index (χ1) is 7.99. The Balaban J connectivity index is 2.25. The molecule has 0 saturated heterocycles. The lowest BCUT2D eigenvalue weighted by molar-refractivity contribution is 0.0953. The molecule has 1 aliphatic rings. The van der Waals surface area contributed by atoms with Crippen molar-refractivity contribution in [2.45, 2.75) is 20.3 Å². The van der Waals surface area contributed by atoms with Gasteiger partial charge in [0.25, 0.3) is 0 Å². The van der Waals surface area contributed by atoms with Gasteiger partial charge in [0.05, 0.1) is 14.2 Å². The van der Waals surface area contributed by atoms with E-state index in [2.05, 4.69) is 13.8 Å². The lowest BCUT2D eigenvalue weighted by Crippen LogP contribution is -2.07. The minimum atomic E-state index is 0.153. The lowest BCUT2D eigenvalue weighted by atomic mass is 10.0. The maximum Gasteiger partial charge on any atom is 0.166 e. The minimum absolute atomic E-state index is 0.153. The Morgan fingerprint density at radius 3 is 2.29 bits per heavy atom. The van der Waals surface area contributed by atoms with Crippen LogP contribution in [0.25, 0.3) is 0 Å². The molecule has 17 heavy (non-hydrogen) atoms. The fourth-order valence-electron chi connectivity index (χ4n) is 2.11. The van der Waals surface area contributed by atoms with Gasteiger partial charge in [0.15, 0.2) is 17.3 Å². The molecular formula is C14H18O3. The van der Waals surface area contributed by atoms with Crippen molar-refractivity contribution in [3.05, 3.63) is 23.8 Å². The lowest BCUT2D eigenvalue weighted by Gasteiger charge is -2.09. The van der Waals surface area contributed by atoms with Crippen LogP contribution < -0.4 is 9.47 Å². The van der Waals surface area contributed by atoms with Gasteiger partial charge in [0, 0.05) is 11.5 Å². The van der Waals surface area contributed by atoms with Gasteiger partial charge < -0.3 is 9.47 Å². The zero-order valence-electron chi connectivity index (χ0n) is 10.7. The van der Waals surface area contributed by atoms with Crippen LogP contribution in [0.4, 0.5) is 0 Å². The summed E-state index contributed by atoms with van der Waals surface area (Å²) >= 11 is 0. The molecule has 3 nitrogen and oxygen atoms in total. The Morgan fingerprint density at radius 1 is 1.24 bits per heavy atom. The first-order valence-corrected chi connectivity index (χ1v) is 5.76. The van der Waals surface area contributed by atoms with Crippen molar-refractivity contribution < 1.29 is 14.3 Å². The van der Waals surface area contributed by atoms with Crippen LogP contribution in [-0.2, 0) is 0 Å². The van der Waals surface area contributed by atoms with E-state index in [-0.39, 0.29) is 17.1 Å². The molecule has 1 aromatic rings. The van der Waals surface area contributed by atoms with E-state index in [1.807, 2.05) is 0 Å². The summed E-state index contributed by atoms with van der Waals surface area (Å²) in [6.07, 6.45) is 0.972.